The predicted octanol–water partition coefficient (Wildman–Crippen LogP) is 2.47. The number of nitrogens with zero attached hydrogens (tertiary/aromatic N) is 3. The third-order valence-electron chi connectivity index (χ3n) is 8.72. The molecule has 3 heterocycles. The molecule has 2 bridgehead atoms. The first-order chi connectivity index (χ1) is 17.5. The summed E-state index contributed by atoms with van der Waals surface area (Å²) in [7, 11) is 1.69. The van der Waals surface area contributed by atoms with Gasteiger partial charge in [-0.1, -0.05) is 37.3 Å². The van der Waals surface area contributed by atoms with E-state index in [0.717, 1.165) is 16.8 Å². The smallest absolute Gasteiger partial charge is 0.253 e. The van der Waals surface area contributed by atoms with Crippen LogP contribution in [0.5, 0.6) is 0 Å². The van der Waals surface area contributed by atoms with E-state index in [1.165, 1.54) is 4.90 Å². The van der Waals surface area contributed by atoms with Crippen LogP contribution in [0.25, 0.3) is 0 Å². The topological polar surface area (TPSA) is 90.4 Å². The third-order valence-corrected chi connectivity index (χ3v) is 8.72. The van der Waals surface area contributed by atoms with Gasteiger partial charge in [0.2, 0.25) is 11.8 Å². The number of para-hydroxylation sites is 1. The van der Waals surface area contributed by atoms with Crippen molar-refractivity contribution in [3.8, 4) is 0 Å². The van der Waals surface area contributed by atoms with Gasteiger partial charge in [0.05, 0.1) is 24.0 Å². The summed E-state index contributed by atoms with van der Waals surface area (Å²) < 4.78 is 6.76. The van der Waals surface area contributed by atoms with Gasteiger partial charge < -0.3 is 24.5 Å². The van der Waals surface area contributed by atoms with Gasteiger partial charge in [-0.2, -0.15) is 0 Å². The molecule has 0 saturated carbocycles. The van der Waals surface area contributed by atoms with Gasteiger partial charge in [-0.3, -0.25) is 14.4 Å². The molecule has 1 aromatic rings. The van der Waals surface area contributed by atoms with Gasteiger partial charge in [0, 0.05) is 32.4 Å². The van der Waals surface area contributed by atoms with Crippen molar-refractivity contribution in [2.75, 3.05) is 38.2 Å². The van der Waals surface area contributed by atoms with Crippen LogP contribution < -0.4 is 4.90 Å². The molecule has 1 N–H and O–H groups in total. The Hall–Kier alpha value is -2.97. The van der Waals surface area contributed by atoms with E-state index in [4.69, 9.17) is 4.74 Å². The molecule has 3 aliphatic heterocycles. The van der Waals surface area contributed by atoms with E-state index < -0.39 is 29.1 Å². The highest BCUT2D eigenvalue weighted by Crippen LogP contribution is 2.65. The summed E-state index contributed by atoms with van der Waals surface area (Å²) in [5, 5.41) is 9.90. The minimum Gasteiger partial charge on any atom is -0.395 e. The Morgan fingerprint density at radius 1 is 1.19 bits per heavy atom. The SMILES string of the molecule is C=CCN(C)C(=O)[C@@H]1[C@H]2C(=O)N(CCO)C(C(=O)N(CC=C)c3c(C)cccc3C)C23CC(C)[C@@]1(C)O3. The van der Waals surface area contributed by atoms with Gasteiger partial charge in [-0.25, -0.2) is 0 Å². The van der Waals surface area contributed by atoms with E-state index in [1.807, 2.05) is 45.9 Å². The molecule has 1 aromatic carbocycles. The number of amides is 3. The second-order valence-electron chi connectivity index (χ2n) is 10.9. The Kier molecular flexibility index (Phi) is 7.12. The van der Waals surface area contributed by atoms with Crippen LogP contribution in [0.15, 0.2) is 43.5 Å². The molecule has 0 radical (unpaired) electrons. The number of benzene rings is 1. The molecule has 8 heteroatoms. The zero-order valence-electron chi connectivity index (χ0n) is 22.6. The highest BCUT2D eigenvalue weighted by molar-refractivity contribution is 6.05. The maximum atomic E-state index is 14.5. The predicted molar refractivity (Wildman–Crippen MR) is 142 cm³/mol. The van der Waals surface area contributed by atoms with Crippen LogP contribution in [0.3, 0.4) is 0 Å². The summed E-state index contributed by atoms with van der Waals surface area (Å²) in [6.07, 6.45) is 3.79. The van der Waals surface area contributed by atoms with Gasteiger partial charge in [0.1, 0.15) is 11.6 Å². The van der Waals surface area contributed by atoms with Crippen LogP contribution in [-0.4, -0.2) is 83.2 Å². The second kappa shape index (κ2) is 9.72. The summed E-state index contributed by atoms with van der Waals surface area (Å²) >= 11 is 0. The lowest BCUT2D eigenvalue weighted by Crippen LogP contribution is -2.57. The van der Waals surface area contributed by atoms with E-state index in [0.29, 0.717) is 13.0 Å². The van der Waals surface area contributed by atoms with Gasteiger partial charge in [0.15, 0.2) is 0 Å². The fourth-order valence-corrected chi connectivity index (χ4v) is 7.06. The number of ether oxygens (including phenoxy) is 1. The van der Waals surface area contributed by atoms with Crippen molar-refractivity contribution in [2.24, 2.45) is 17.8 Å². The van der Waals surface area contributed by atoms with Gasteiger partial charge in [0.25, 0.3) is 5.91 Å². The average molecular weight is 510 g/mol. The first-order valence-electron chi connectivity index (χ1n) is 13.0. The number of aliphatic hydroxyl groups is 1. The minimum absolute atomic E-state index is 0.0139. The first kappa shape index (κ1) is 27.1. The summed E-state index contributed by atoms with van der Waals surface area (Å²) in [4.78, 5) is 47.0. The zero-order valence-corrected chi connectivity index (χ0v) is 22.6. The number of aliphatic hydroxyl groups excluding tert-OH is 1. The van der Waals surface area contributed by atoms with Crippen LogP contribution in [0, 0.1) is 31.6 Å². The van der Waals surface area contributed by atoms with Gasteiger partial charge in [-0.05, 0) is 44.2 Å². The maximum Gasteiger partial charge on any atom is 0.253 e. The molecule has 3 unspecified atom stereocenters. The molecular formula is C29H39N3O5. The molecule has 6 atom stereocenters. The number of rotatable bonds is 9. The first-order valence-corrected chi connectivity index (χ1v) is 13.0. The minimum atomic E-state index is -1.16. The van der Waals surface area contributed by atoms with Crippen LogP contribution in [0.4, 0.5) is 5.69 Å². The molecule has 37 heavy (non-hydrogen) atoms. The third kappa shape index (κ3) is 3.84. The maximum absolute atomic E-state index is 14.5. The lowest BCUT2D eigenvalue weighted by atomic mass is 9.62. The van der Waals surface area contributed by atoms with Gasteiger partial charge >= 0.3 is 0 Å². The number of fused-ring (bicyclic) bond motifs is 1. The van der Waals surface area contributed by atoms with E-state index in [9.17, 15) is 19.5 Å². The van der Waals surface area contributed by atoms with Crippen LogP contribution >= 0.6 is 0 Å². The number of likely N-dealkylation sites (N-methyl/N-ethyl adjacent to an activating group) is 1. The second-order valence-corrected chi connectivity index (χ2v) is 10.9. The summed E-state index contributed by atoms with van der Waals surface area (Å²) in [5.41, 5.74) is 0.576. The number of carbonyl (C=O) groups is 3. The fraction of sp³-hybridized carbons (Fsp3) is 0.552. The van der Waals surface area contributed by atoms with Crippen LogP contribution in [-0.2, 0) is 19.1 Å². The highest BCUT2D eigenvalue weighted by Gasteiger charge is 2.80. The van der Waals surface area contributed by atoms with E-state index in [1.54, 1.807) is 29.0 Å². The quantitative estimate of drug-likeness (QED) is 0.517. The molecule has 3 saturated heterocycles. The zero-order chi connectivity index (χ0) is 27.3. The highest BCUT2D eigenvalue weighted by atomic mass is 16.5. The van der Waals surface area contributed by atoms with Crippen LogP contribution in [0.1, 0.15) is 31.4 Å². The molecule has 0 aromatic heterocycles. The summed E-state index contributed by atoms with van der Waals surface area (Å²) in [5.74, 6) is -2.39. The Bertz CT molecular complexity index is 1110. The molecule has 3 fully saturated rings. The molecule has 200 valence electrons. The van der Waals surface area contributed by atoms with Crippen molar-refractivity contribution >= 4 is 23.4 Å². The van der Waals surface area contributed by atoms with Crippen molar-refractivity contribution in [3.63, 3.8) is 0 Å². The van der Waals surface area contributed by atoms with Crippen molar-refractivity contribution in [2.45, 2.75) is 51.4 Å². The number of likely N-dealkylation sites (tertiary alicyclic amines) is 1. The van der Waals surface area contributed by atoms with Crippen LogP contribution in [0.2, 0.25) is 0 Å². The summed E-state index contributed by atoms with van der Waals surface area (Å²) in [6.45, 7) is 15.7. The molecule has 3 amide bonds. The Morgan fingerprint density at radius 3 is 2.38 bits per heavy atom. The number of β-amino-alcohol motifs (C(OH)–C–C–N with tert-alkyl or cyclic N) is 1. The van der Waals surface area contributed by atoms with Crippen molar-refractivity contribution in [1.82, 2.24) is 9.80 Å². The molecule has 3 aliphatic rings. The summed E-state index contributed by atoms with van der Waals surface area (Å²) in [6, 6.07) is 4.87. The average Bonchev–Trinajstić information content (AvgIpc) is 3.35. The lowest BCUT2D eigenvalue weighted by Gasteiger charge is -2.38. The lowest BCUT2D eigenvalue weighted by molar-refractivity contribution is -0.150. The fourth-order valence-electron chi connectivity index (χ4n) is 7.06. The normalized spacial score (nSPS) is 31.8. The Labute approximate surface area is 219 Å². The Balaban J connectivity index is 1.86. The standard InChI is InChI=1S/C29H39N3O5/c1-8-13-30(7)25(34)21-22-26(35)32(15-16-33)24(29(22)17-20(5)28(21,6)37-29)27(36)31(14-9-2)23-18(3)11-10-12-19(23)4/h8-12,20-22,24,33H,1-2,13-17H2,3-7H3/t20?,21-,22-,24?,28+,29?/m0/s1. The van der Waals surface area contributed by atoms with E-state index in [-0.39, 0.29) is 43.3 Å². The number of hydrogen-bond donors (Lipinski definition) is 1. The van der Waals surface area contributed by atoms with E-state index >= 15 is 0 Å². The molecule has 1 spiro atoms. The van der Waals surface area contributed by atoms with Crippen molar-refractivity contribution in [3.05, 3.63) is 54.6 Å². The largest absolute Gasteiger partial charge is 0.395 e. The molecule has 4 rings (SSSR count). The molecular weight excluding hydrogens is 470 g/mol. The number of carbonyl (C=O) groups excluding carboxylic acids is 3. The van der Waals surface area contributed by atoms with Crippen molar-refractivity contribution in [1.29, 1.82) is 0 Å². The van der Waals surface area contributed by atoms with Gasteiger partial charge in [-0.15, -0.1) is 13.2 Å². The van der Waals surface area contributed by atoms with E-state index in [2.05, 4.69) is 13.2 Å². The van der Waals surface area contributed by atoms with Crippen molar-refractivity contribution < 1.29 is 24.2 Å². The number of aryl methyl sites for hydroxylation is 2. The molecule has 0 aliphatic carbocycles. The number of anilines is 1. The Morgan fingerprint density at radius 2 is 1.81 bits per heavy atom. The number of hydrogen-bond acceptors (Lipinski definition) is 5. The monoisotopic (exact) mass is 509 g/mol. The molecule has 8 nitrogen and oxygen atoms in total.